The Kier molecular flexibility index (Phi) is 6.54. The molecule has 0 amide bonds. The highest BCUT2D eigenvalue weighted by Gasteiger charge is 2.21. The Labute approximate surface area is 231 Å². The highest BCUT2D eigenvalue weighted by atomic mass is 35.5. The topological polar surface area (TPSA) is 141 Å². The molecule has 12 heteroatoms. The highest BCUT2D eigenvalue weighted by molar-refractivity contribution is 6.31. The second kappa shape index (κ2) is 10.5. The predicted octanol–water partition coefficient (Wildman–Crippen LogP) is 4.91. The Balaban J connectivity index is 1.43. The second-order valence-corrected chi connectivity index (χ2v) is 9.39. The van der Waals surface area contributed by atoms with Crippen LogP contribution in [0.2, 0.25) is 5.02 Å². The molecule has 3 aromatic carbocycles. The van der Waals surface area contributed by atoms with Gasteiger partial charge in [-0.25, -0.2) is 9.78 Å². The number of aromatic amines is 1. The number of carbonyl (C=O) groups is 1. The van der Waals surface area contributed by atoms with Gasteiger partial charge in [0.15, 0.2) is 0 Å². The van der Waals surface area contributed by atoms with Gasteiger partial charge in [0, 0.05) is 35.3 Å². The summed E-state index contributed by atoms with van der Waals surface area (Å²) in [5.74, 6) is 0.692. The van der Waals surface area contributed by atoms with E-state index in [0.717, 1.165) is 5.56 Å². The summed E-state index contributed by atoms with van der Waals surface area (Å²) in [6.07, 6.45) is 2.26. The number of hydrogen-bond donors (Lipinski definition) is 2. The molecular weight excluding hydrogens is 534 g/mol. The molecule has 0 saturated heterocycles. The molecule has 0 unspecified atom stereocenters. The van der Waals surface area contributed by atoms with E-state index in [-0.39, 0.29) is 11.3 Å². The summed E-state index contributed by atoms with van der Waals surface area (Å²) in [5.41, 5.74) is 3.96. The number of fused-ring (bicyclic) bond motifs is 1. The number of rotatable bonds is 7. The lowest BCUT2D eigenvalue weighted by atomic mass is 10.0. The number of carboxylic acid groups (broad SMARTS) is 1. The van der Waals surface area contributed by atoms with E-state index < -0.39 is 12.2 Å². The van der Waals surface area contributed by atoms with Crippen molar-refractivity contribution in [2.45, 2.75) is 12.5 Å². The maximum absolute atomic E-state index is 13.6. The van der Waals surface area contributed by atoms with E-state index in [0.29, 0.717) is 45.1 Å². The first-order chi connectivity index (χ1) is 19.4. The molecule has 0 bridgehead atoms. The van der Waals surface area contributed by atoms with Crippen molar-refractivity contribution in [1.29, 1.82) is 0 Å². The van der Waals surface area contributed by atoms with Crippen LogP contribution in [0.5, 0.6) is 5.75 Å². The SMILES string of the molecule is O=C(O)Oc1ccc2[nH]c([C@H](Cc3ccccc3)n3ccc(-c4cc(Cl)ccc4-n4cnnn4)cc3=O)nc2c1. The van der Waals surface area contributed by atoms with Crippen LogP contribution in [-0.4, -0.2) is 46.0 Å². The van der Waals surface area contributed by atoms with Crippen LogP contribution in [0.1, 0.15) is 17.4 Å². The Hall–Kier alpha value is -5.29. The molecule has 0 aliphatic heterocycles. The van der Waals surface area contributed by atoms with Crippen molar-refractivity contribution in [2.24, 2.45) is 0 Å². The fourth-order valence-corrected chi connectivity index (χ4v) is 4.79. The van der Waals surface area contributed by atoms with Gasteiger partial charge in [-0.15, -0.1) is 5.10 Å². The first-order valence-corrected chi connectivity index (χ1v) is 12.5. The number of ether oxygens (including phenoxy) is 1. The van der Waals surface area contributed by atoms with E-state index in [2.05, 4.69) is 20.5 Å². The van der Waals surface area contributed by atoms with Gasteiger partial charge >= 0.3 is 6.16 Å². The number of benzene rings is 3. The van der Waals surface area contributed by atoms with E-state index in [4.69, 9.17) is 26.4 Å². The zero-order valence-corrected chi connectivity index (χ0v) is 21.4. The van der Waals surface area contributed by atoms with Gasteiger partial charge in [-0.05, 0) is 58.0 Å². The van der Waals surface area contributed by atoms with Gasteiger partial charge in [0.1, 0.15) is 17.9 Å². The minimum atomic E-state index is -1.41. The molecule has 0 radical (unpaired) electrons. The van der Waals surface area contributed by atoms with Crippen molar-refractivity contribution in [3.63, 3.8) is 0 Å². The molecular formula is C28H20ClN7O4. The molecule has 1 atom stereocenters. The second-order valence-electron chi connectivity index (χ2n) is 8.95. The van der Waals surface area contributed by atoms with Gasteiger partial charge in [-0.2, -0.15) is 4.68 Å². The molecule has 2 N–H and O–H groups in total. The molecule has 3 aromatic heterocycles. The zero-order valence-electron chi connectivity index (χ0n) is 20.7. The van der Waals surface area contributed by atoms with Crippen molar-refractivity contribution >= 4 is 28.8 Å². The largest absolute Gasteiger partial charge is 0.511 e. The van der Waals surface area contributed by atoms with Crippen LogP contribution >= 0.6 is 11.6 Å². The molecule has 0 aliphatic rings. The minimum Gasteiger partial charge on any atom is -0.449 e. The Bertz CT molecular complexity index is 1880. The number of pyridine rings is 1. The van der Waals surface area contributed by atoms with Crippen LogP contribution < -0.4 is 10.3 Å². The molecule has 6 aromatic rings. The predicted molar refractivity (Wildman–Crippen MR) is 147 cm³/mol. The molecule has 6 rings (SSSR count). The van der Waals surface area contributed by atoms with Crippen LogP contribution in [-0.2, 0) is 6.42 Å². The highest BCUT2D eigenvalue weighted by Crippen LogP contribution is 2.30. The summed E-state index contributed by atoms with van der Waals surface area (Å²) >= 11 is 6.30. The summed E-state index contributed by atoms with van der Waals surface area (Å²) in [4.78, 5) is 32.6. The lowest BCUT2D eigenvalue weighted by molar-refractivity contribution is 0.144. The number of halogens is 1. The van der Waals surface area contributed by atoms with E-state index in [1.54, 1.807) is 47.2 Å². The summed E-state index contributed by atoms with van der Waals surface area (Å²) in [6, 6.07) is 22.7. The van der Waals surface area contributed by atoms with Crippen molar-refractivity contribution in [1.82, 2.24) is 34.7 Å². The number of nitrogens with zero attached hydrogens (tertiary/aromatic N) is 6. The molecule has 0 fully saturated rings. The molecule has 0 aliphatic carbocycles. The van der Waals surface area contributed by atoms with E-state index in [1.807, 2.05) is 36.4 Å². The molecule has 0 saturated carbocycles. The molecule has 3 heterocycles. The maximum Gasteiger partial charge on any atom is 0.511 e. The van der Waals surface area contributed by atoms with Crippen molar-refractivity contribution in [3.05, 3.63) is 118 Å². The van der Waals surface area contributed by atoms with Gasteiger partial charge in [-0.3, -0.25) is 4.79 Å². The number of aromatic nitrogens is 7. The summed E-state index contributed by atoms with van der Waals surface area (Å²) in [6.45, 7) is 0. The quantitative estimate of drug-likeness (QED) is 0.210. The van der Waals surface area contributed by atoms with Crippen LogP contribution in [0.4, 0.5) is 4.79 Å². The summed E-state index contributed by atoms with van der Waals surface area (Å²) < 4.78 is 7.90. The number of tetrazole rings is 1. The third kappa shape index (κ3) is 5.05. The van der Waals surface area contributed by atoms with Crippen molar-refractivity contribution in [3.8, 4) is 22.6 Å². The van der Waals surface area contributed by atoms with Crippen molar-refractivity contribution < 1.29 is 14.6 Å². The van der Waals surface area contributed by atoms with Gasteiger partial charge in [0.25, 0.3) is 5.56 Å². The third-order valence-corrected chi connectivity index (χ3v) is 6.65. The Morgan fingerprint density at radius 2 is 1.90 bits per heavy atom. The summed E-state index contributed by atoms with van der Waals surface area (Å²) in [5, 5.41) is 20.9. The minimum absolute atomic E-state index is 0.152. The first-order valence-electron chi connectivity index (χ1n) is 12.1. The van der Waals surface area contributed by atoms with E-state index >= 15 is 0 Å². The smallest absolute Gasteiger partial charge is 0.449 e. The lowest BCUT2D eigenvalue weighted by Crippen LogP contribution is -2.27. The van der Waals surface area contributed by atoms with E-state index in [9.17, 15) is 9.59 Å². The third-order valence-electron chi connectivity index (χ3n) is 6.41. The number of imidazole rings is 1. The molecule has 11 nitrogen and oxygen atoms in total. The van der Waals surface area contributed by atoms with Crippen molar-refractivity contribution in [2.75, 3.05) is 0 Å². The van der Waals surface area contributed by atoms with Crippen LogP contribution in [0.25, 0.3) is 27.8 Å². The van der Waals surface area contributed by atoms with Gasteiger partial charge in [0.05, 0.1) is 22.8 Å². The average molecular weight is 554 g/mol. The molecule has 198 valence electrons. The number of hydrogen-bond acceptors (Lipinski definition) is 7. The van der Waals surface area contributed by atoms with Gasteiger partial charge in [0.2, 0.25) is 0 Å². The van der Waals surface area contributed by atoms with Crippen LogP contribution in [0.3, 0.4) is 0 Å². The number of nitrogens with one attached hydrogen (secondary N) is 1. The summed E-state index contributed by atoms with van der Waals surface area (Å²) in [7, 11) is 0. The normalized spacial score (nSPS) is 11.9. The molecule has 0 spiro atoms. The standard InChI is InChI=1S/C28H20ClN7O4/c29-19-6-9-24(36-16-30-33-34-36)21(14-19)18-10-11-35(26(37)13-18)25(12-17-4-2-1-3-5-17)27-31-22-8-7-20(40-28(38)39)15-23(22)32-27/h1-11,13-16,25H,12H2,(H,31,32)(H,38,39)/t25-/m0/s1. The molecule has 40 heavy (non-hydrogen) atoms. The van der Waals surface area contributed by atoms with Gasteiger partial charge < -0.3 is 19.4 Å². The monoisotopic (exact) mass is 553 g/mol. The first kappa shape index (κ1) is 25.0. The van der Waals surface area contributed by atoms with Crippen LogP contribution in [0, 0.1) is 0 Å². The van der Waals surface area contributed by atoms with Gasteiger partial charge in [-0.1, -0.05) is 41.9 Å². The maximum atomic E-state index is 13.6. The van der Waals surface area contributed by atoms with Crippen LogP contribution in [0.15, 0.2) is 96.2 Å². The lowest BCUT2D eigenvalue weighted by Gasteiger charge is -2.19. The number of H-pyrrole nitrogens is 1. The Morgan fingerprint density at radius 3 is 2.65 bits per heavy atom. The van der Waals surface area contributed by atoms with E-state index in [1.165, 1.54) is 17.1 Å². The fraction of sp³-hybridized carbons (Fsp3) is 0.0714. The zero-order chi connectivity index (χ0) is 27.6. The fourth-order valence-electron chi connectivity index (χ4n) is 4.62. The Morgan fingerprint density at radius 1 is 1.05 bits per heavy atom. The average Bonchev–Trinajstić information content (AvgIpc) is 3.62.